The fourth-order valence-corrected chi connectivity index (χ4v) is 1.34. The molecular weight excluding hydrogens is 182 g/mol. The molecule has 0 aliphatic carbocycles. The molecule has 1 aromatic carbocycles. The van der Waals surface area contributed by atoms with Gasteiger partial charge in [0.15, 0.2) is 0 Å². The van der Waals surface area contributed by atoms with Gasteiger partial charge >= 0.3 is 0 Å². The predicted molar refractivity (Wildman–Crippen MR) is 69.2 cm³/mol. The molecule has 0 radical (unpaired) electrons. The van der Waals surface area contributed by atoms with Crippen molar-refractivity contribution in [1.29, 1.82) is 0 Å². The van der Waals surface area contributed by atoms with Crippen LogP contribution in [0.25, 0.3) is 11.6 Å². The number of allylic oxidation sites excluding steroid dienone is 1. The standard InChI is InChI=1S/C14H17N/c1-5-13-6-8-14(9-7-13)11(2)10-12(3)15-4/h5-9H,1-2,10H2,3-4H3/b15-12-. The van der Waals surface area contributed by atoms with Crippen molar-refractivity contribution in [3.8, 4) is 0 Å². The Labute approximate surface area is 91.9 Å². The molecule has 0 aromatic heterocycles. The largest absolute Gasteiger partial charge is 0.297 e. The third kappa shape index (κ3) is 3.21. The van der Waals surface area contributed by atoms with Crippen molar-refractivity contribution in [2.45, 2.75) is 13.3 Å². The molecule has 1 aromatic rings. The van der Waals surface area contributed by atoms with Crippen LogP contribution in [-0.2, 0) is 0 Å². The zero-order valence-corrected chi connectivity index (χ0v) is 9.46. The van der Waals surface area contributed by atoms with Crippen LogP contribution in [0.2, 0.25) is 0 Å². The van der Waals surface area contributed by atoms with Crippen LogP contribution >= 0.6 is 0 Å². The second kappa shape index (κ2) is 5.30. The zero-order chi connectivity index (χ0) is 11.3. The first-order valence-electron chi connectivity index (χ1n) is 5.00. The molecular formula is C14H17N. The molecule has 0 unspecified atom stereocenters. The molecule has 0 N–H and O–H groups in total. The highest BCUT2D eigenvalue weighted by Crippen LogP contribution is 2.17. The Morgan fingerprint density at radius 1 is 1.33 bits per heavy atom. The minimum Gasteiger partial charge on any atom is -0.297 e. The summed E-state index contributed by atoms with van der Waals surface area (Å²) < 4.78 is 0. The maximum absolute atomic E-state index is 4.13. The lowest BCUT2D eigenvalue weighted by Gasteiger charge is -2.05. The number of rotatable bonds is 4. The van der Waals surface area contributed by atoms with Crippen molar-refractivity contribution in [1.82, 2.24) is 0 Å². The van der Waals surface area contributed by atoms with Crippen LogP contribution in [0.3, 0.4) is 0 Å². The van der Waals surface area contributed by atoms with Crippen LogP contribution < -0.4 is 0 Å². The van der Waals surface area contributed by atoms with E-state index < -0.39 is 0 Å². The SMILES string of the molecule is C=Cc1ccc(C(=C)C/C(C)=N\C)cc1. The second-order valence-electron chi connectivity index (χ2n) is 3.57. The number of hydrogen-bond donors (Lipinski definition) is 0. The zero-order valence-electron chi connectivity index (χ0n) is 9.46. The van der Waals surface area contributed by atoms with Crippen molar-refractivity contribution >= 4 is 17.4 Å². The summed E-state index contributed by atoms with van der Waals surface area (Å²) in [5, 5.41) is 0. The fraction of sp³-hybridized carbons (Fsp3) is 0.214. The van der Waals surface area contributed by atoms with E-state index in [0.717, 1.165) is 23.3 Å². The Morgan fingerprint density at radius 2 is 1.93 bits per heavy atom. The van der Waals surface area contributed by atoms with Gasteiger partial charge in [-0.1, -0.05) is 43.5 Å². The monoisotopic (exact) mass is 199 g/mol. The Balaban J connectivity index is 2.78. The molecule has 0 saturated heterocycles. The Kier molecular flexibility index (Phi) is 4.04. The van der Waals surface area contributed by atoms with Crippen LogP contribution in [0.4, 0.5) is 0 Å². The highest BCUT2D eigenvalue weighted by Gasteiger charge is 2.00. The molecule has 1 rings (SSSR count). The number of hydrogen-bond acceptors (Lipinski definition) is 1. The molecule has 0 heterocycles. The molecule has 0 spiro atoms. The van der Waals surface area contributed by atoms with E-state index in [-0.39, 0.29) is 0 Å². The molecule has 0 bridgehead atoms. The van der Waals surface area contributed by atoms with E-state index in [1.54, 1.807) is 0 Å². The summed E-state index contributed by atoms with van der Waals surface area (Å²) in [5.74, 6) is 0. The van der Waals surface area contributed by atoms with Crippen LogP contribution in [0.1, 0.15) is 24.5 Å². The van der Waals surface area contributed by atoms with Gasteiger partial charge < -0.3 is 0 Å². The summed E-state index contributed by atoms with van der Waals surface area (Å²) in [4.78, 5) is 4.13. The molecule has 1 nitrogen and oxygen atoms in total. The average Bonchev–Trinajstić information content (AvgIpc) is 2.29. The Hall–Kier alpha value is -1.63. The van der Waals surface area contributed by atoms with E-state index in [0.29, 0.717) is 0 Å². The van der Waals surface area contributed by atoms with E-state index in [2.05, 4.69) is 30.3 Å². The number of aliphatic imine (C=N–C) groups is 1. The molecule has 0 fully saturated rings. The lowest BCUT2D eigenvalue weighted by molar-refractivity contribution is 1.34. The third-order valence-corrected chi connectivity index (χ3v) is 2.41. The van der Waals surface area contributed by atoms with E-state index in [9.17, 15) is 0 Å². The van der Waals surface area contributed by atoms with Gasteiger partial charge in [-0.25, -0.2) is 0 Å². The van der Waals surface area contributed by atoms with E-state index in [1.165, 1.54) is 5.56 Å². The van der Waals surface area contributed by atoms with Gasteiger partial charge in [0, 0.05) is 19.2 Å². The van der Waals surface area contributed by atoms with Crippen LogP contribution in [0.5, 0.6) is 0 Å². The maximum atomic E-state index is 4.13. The van der Waals surface area contributed by atoms with Crippen molar-refractivity contribution in [3.05, 3.63) is 48.6 Å². The molecule has 15 heavy (non-hydrogen) atoms. The summed E-state index contributed by atoms with van der Waals surface area (Å²) in [7, 11) is 1.81. The first-order valence-corrected chi connectivity index (χ1v) is 5.00. The second-order valence-corrected chi connectivity index (χ2v) is 3.57. The number of nitrogens with zero attached hydrogens (tertiary/aromatic N) is 1. The number of benzene rings is 1. The van der Waals surface area contributed by atoms with Crippen LogP contribution in [-0.4, -0.2) is 12.8 Å². The van der Waals surface area contributed by atoms with Gasteiger partial charge in [-0.15, -0.1) is 0 Å². The minimum atomic E-state index is 0.837. The molecule has 78 valence electrons. The highest BCUT2D eigenvalue weighted by atomic mass is 14.7. The Morgan fingerprint density at radius 3 is 2.40 bits per heavy atom. The molecule has 0 saturated carbocycles. The summed E-state index contributed by atoms with van der Waals surface area (Å²) in [6.07, 6.45) is 2.68. The molecule has 0 aliphatic rings. The van der Waals surface area contributed by atoms with Crippen LogP contribution in [0, 0.1) is 0 Å². The van der Waals surface area contributed by atoms with Crippen LogP contribution in [0.15, 0.2) is 42.4 Å². The highest BCUT2D eigenvalue weighted by molar-refractivity contribution is 5.91. The van der Waals surface area contributed by atoms with Gasteiger partial charge in [0.1, 0.15) is 0 Å². The van der Waals surface area contributed by atoms with E-state index >= 15 is 0 Å². The van der Waals surface area contributed by atoms with E-state index in [4.69, 9.17) is 0 Å². The summed E-state index contributed by atoms with van der Waals surface area (Å²) in [6, 6.07) is 8.24. The summed E-state index contributed by atoms with van der Waals surface area (Å²) in [5.41, 5.74) is 4.51. The van der Waals surface area contributed by atoms with Gasteiger partial charge in [-0.05, 0) is 23.6 Å². The summed E-state index contributed by atoms with van der Waals surface area (Å²) >= 11 is 0. The minimum absolute atomic E-state index is 0.837. The lowest BCUT2D eigenvalue weighted by atomic mass is 10.0. The third-order valence-electron chi connectivity index (χ3n) is 2.41. The van der Waals surface area contributed by atoms with Crippen molar-refractivity contribution in [3.63, 3.8) is 0 Å². The Bertz CT molecular complexity index is 382. The first-order chi connectivity index (χ1) is 7.17. The quantitative estimate of drug-likeness (QED) is 0.654. The predicted octanol–water partition coefficient (Wildman–Crippen LogP) is 3.82. The first kappa shape index (κ1) is 11.4. The molecule has 0 aliphatic heterocycles. The molecule has 1 heteroatoms. The normalized spacial score (nSPS) is 11.2. The van der Waals surface area contributed by atoms with Gasteiger partial charge in [-0.3, -0.25) is 4.99 Å². The van der Waals surface area contributed by atoms with Gasteiger partial charge in [0.25, 0.3) is 0 Å². The fourth-order valence-electron chi connectivity index (χ4n) is 1.34. The summed E-state index contributed by atoms with van der Waals surface area (Å²) in [6.45, 7) is 9.80. The van der Waals surface area contributed by atoms with Crippen molar-refractivity contribution in [2.24, 2.45) is 4.99 Å². The topological polar surface area (TPSA) is 12.4 Å². The molecule has 0 amide bonds. The maximum Gasteiger partial charge on any atom is 0.0276 e. The van der Waals surface area contributed by atoms with E-state index in [1.807, 2.05) is 32.2 Å². The van der Waals surface area contributed by atoms with Gasteiger partial charge in [0.2, 0.25) is 0 Å². The van der Waals surface area contributed by atoms with Gasteiger partial charge in [0.05, 0.1) is 0 Å². The van der Waals surface area contributed by atoms with Crippen molar-refractivity contribution < 1.29 is 0 Å². The molecule has 0 atom stereocenters. The average molecular weight is 199 g/mol. The smallest absolute Gasteiger partial charge is 0.0276 e. The van der Waals surface area contributed by atoms with Gasteiger partial charge in [-0.2, -0.15) is 0 Å². The van der Waals surface area contributed by atoms with Crippen molar-refractivity contribution in [2.75, 3.05) is 7.05 Å². The lowest BCUT2D eigenvalue weighted by Crippen LogP contribution is -1.93.